The highest BCUT2D eigenvalue weighted by molar-refractivity contribution is 5.96. The second-order valence-electron chi connectivity index (χ2n) is 4.54. The zero-order valence-electron chi connectivity index (χ0n) is 10.9. The molecule has 98 valence electrons. The molecule has 1 rings (SSSR count). The third-order valence-electron chi connectivity index (χ3n) is 3.08. The molecule has 0 saturated carbocycles. The fraction of sp³-hybridized carbons (Fsp3) is 0.429. The molecule has 0 aliphatic carbocycles. The monoisotopic (exact) mass is 249 g/mol. The van der Waals surface area contributed by atoms with Crippen LogP contribution in [0.15, 0.2) is 24.3 Å². The molecule has 18 heavy (non-hydrogen) atoms. The van der Waals surface area contributed by atoms with Crippen LogP contribution >= 0.6 is 0 Å². The van der Waals surface area contributed by atoms with Gasteiger partial charge in [-0.1, -0.05) is 38.0 Å². The molecule has 0 radical (unpaired) electrons. The van der Waals surface area contributed by atoms with Crippen molar-refractivity contribution in [2.75, 3.05) is 0 Å². The minimum atomic E-state index is -0.996. The molecule has 0 bridgehead atoms. The molecular weight excluding hydrogens is 230 g/mol. The fourth-order valence-electron chi connectivity index (χ4n) is 1.61. The van der Waals surface area contributed by atoms with Crippen molar-refractivity contribution in [3.63, 3.8) is 0 Å². The lowest BCUT2D eigenvalue weighted by Crippen LogP contribution is -2.45. The van der Waals surface area contributed by atoms with Gasteiger partial charge in [0.25, 0.3) is 5.91 Å². The van der Waals surface area contributed by atoms with E-state index < -0.39 is 12.0 Å². The SMILES string of the molecule is CCC(C)C(NC(=O)c1ccc(C)cc1)C(=O)O. The van der Waals surface area contributed by atoms with Crippen LogP contribution in [0.2, 0.25) is 0 Å². The van der Waals surface area contributed by atoms with Crippen LogP contribution in [0.3, 0.4) is 0 Å². The number of hydrogen-bond donors (Lipinski definition) is 2. The van der Waals surface area contributed by atoms with E-state index in [4.69, 9.17) is 5.11 Å². The van der Waals surface area contributed by atoms with Crippen molar-refractivity contribution in [1.82, 2.24) is 5.32 Å². The Kier molecular flexibility index (Phi) is 4.89. The Balaban J connectivity index is 2.78. The molecule has 2 atom stereocenters. The van der Waals surface area contributed by atoms with Crippen LogP contribution in [-0.4, -0.2) is 23.0 Å². The molecule has 0 spiro atoms. The third kappa shape index (κ3) is 3.58. The molecule has 0 aliphatic rings. The normalized spacial score (nSPS) is 13.7. The summed E-state index contributed by atoms with van der Waals surface area (Å²) in [6.07, 6.45) is 0.700. The minimum absolute atomic E-state index is 0.100. The van der Waals surface area contributed by atoms with E-state index in [0.717, 1.165) is 5.56 Å². The Morgan fingerprint density at radius 2 is 1.83 bits per heavy atom. The van der Waals surface area contributed by atoms with Crippen LogP contribution in [0, 0.1) is 12.8 Å². The predicted molar refractivity (Wildman–Crippen MR) is 69.5 cm³/mol. The molecule has 4 nitrogen and oxygen atoms in total. The van der Waals surface area contributed by atoms with E-state index in [1.807, 2.05) is 32.9 Å². The molecule has 0 fully saturated rings. The first-order valence-electron chi connectivity index (χ1n) is 6.06. The van der Waals surface area contributed by atoms with Gasteiger partial charge in [-0.25, -0.2) is 4.79 Å². The van der Waals surface area contributed by atoms with E-state index in [0.29, 0.717) is 12.0 Å². The molecule has 0 saturated heterocycles. The zero-order valence-corrected chi connectivity index (χ0v) is 10.9. The van der Waals surface area contributed by atoms with Crippen LogP contribution in [-0.2, 0) is 4.79 Å². The molecule has 1 amide bonds. The van der Waals surface area contributed by atoms with Gasteiger partial charge < -0.3 is 10.4 Å². The smallest absolute Gasteiger partial charge is 0.326 e. The first-order valence-corrected chi connectivity index (χ1v) is 6.06. The molecule has 0 aromatic heterocycles. The minimum Gasteiger partial charge on any atom is -0.480 e. The molecule has 0 aliphatic heterocycles. The molecule has 2 N–H and O–H groups in total. The highest BCUT2D eigenvalue weighted by Gasteiger charge is 2.25. The second-order valence-corrected chi connectivity index (χ2v) is 4.54. The fourth-order valence-corrected chi connectivity index (χ4v) is 1.61. The largest absolute Gasteiger partial charge is 0.480 e. The number of nitrogens with one attached hydrogen (secondary N) is 1. The lowest BCUT2D eigenvalue weighted by Gasteiger charge is -2.20. The van der Waals surface area contributed by atoms with Crippen molar-refractivity contribution in [2.24, 2.45) is 5.92 Å². The summed E-state index contributed by atoms with van der Waals surface area (Å²) in [5, 5.41) is 11.7. The molecule has 0 heterocycles. The number of carboxylic acid groups (broad SMARTS) is 1. The predicted octanol–water partition coefficient (Wildman–Crippen LogP) is 2.22. The number of carboxylic acids is 1. The van der Waals surface area contributed by atoms with Crippen molar-refractivity contribution < 1.29 is 14.7 Å². The Hall–Kier alpha value is -1.84. The van der Waals surface area contributed by atoms with Crippen LogP contribution < -0.4 is 5.32 Å². The van der Waals surface area contributed by atoms with Crippen molar-refractivity contribution in [1.29, 1.82) is 0 Å². The van der Waals surface area contributed by atoms with Crippen LogP contribution in [0.5, 0.6) is 0 Å². The van der Waals surface area contributed by atoms with Crippen LogP contribution in [0.1, 0.15) is 36.2 Å². The lowest BCUT2D eigenvalue weighted by molar-refractivity contribution is -0.140. The Labute approximate surface area is 107 Å². The number of aryl methyl sites for hydroxylation is 1. The summed E-state index contributed by atoms with van der Waals surface area (Å²) >= 11 is 0. The van der Waals surface area contributed by atoms with Gasteiger partial charge in [-0.15, -0.1) is 0 Å². The highest BCUT2D eigenvalue weighted by atomic mass is 16.4. The molecule has 4 heteroatoms. The average molecular weight is 249 g/mol. The van der Waals surface area contributed by atoms with E-state index in [2.05, 4.69) is 5.32 Å². The first kappa shape index (κ1) is 14.2. The third-order valence-corrected chi connectivity index (χ3v) is 3.08. The summed E-state index contributed by atoms with van der Waals surface area (Å²) in [6, 6.07) is 6.20. The summed E-state index contributed by atoms with van der Waals surface area (Å²) in [5.41, 5.74) is 1.54. The standard InChI is InChI=1S/C14H19NO3/c1-4-10(3)12(14(17)18)15-13(16)11-7-5-9(2)6-8-11/h5-8,10,12H,4H2,1-3H3,(H,15,16)(H,17,18). The maximum Gasteiger partial charge on any atom is 0.326 e. The van der Waals surface area contributed by atoms with Gasteiger partial charge in [-0.3, -0.25) is 4.79 Å². The summed E-state index contributed by atoms with van der Waals surface area (Å²) in [7, 11) is 0. The van der Waals surface area contributed by atoms with Crippen molar-refractivity contribution in [3.05, 3.63) is 35.4 Å². The van der Waals surface area contributed by atoms with Gasteiger partial charge in [0.05, 0.1) is 0 Å². The molecule has 1 aromatic rings. The number of hydrogen-bond acceptors (Lipinski definition) is 2. The second kappa shape index (κ2) is 6.19. The van der Waals surface area contributed by atoms with Gasteiger partial charge in [0.15, 0.2) is 0 Å². The van der Waals surface area contributed by atoms with Crippen molar-refractivity contribution >= 4 is 11.9 Å². The Morgan fingerprint density at radius 3 is 2.28 bits per heavy atom. The zero-order chi connectivity index (χ0) is 13.7. The number of carbonyl (C=O) groups is 2. The topological polar surface area (TPSA) is 66.4 Å². The van der Waals surface area contributed by atoms with Crippen LogP contribution in [0.25, 0.3) is 0 Å². The van der Waals surface area contributed by atoms with Crippen molar-refractivity contribution in [2.45, 2.75) is 33.2 Å². The molecule has 1 aromatic carbocycles. The maximum atomic E-state index is 11.9. The summed E-state index contributed by atoms with van der Waals surface area (Å²) in [5.74, 6) is -1.44. The molecular formula is C14H19NO3. The summed E-state index contributed by atoms with van der Waals surface area (Å²) < 4.78 is 0. The summed E-state index contributed by atoms with van der Waals surface area (Å²) in [4.78, 5) is 23.0. The van der Waals surface area contributed by atoms with Gasteiger partial charge in [-0.05, 0) is 25.0 Å². The van der Waals surface area contributed by atoms with Gasteiger partial charge in [-0.2, -0.15) is 0 Å². The number of rotatable bonds is 5. The van der Waals surface area contributed by atoms with Gasteiger partial charge in [0.2, 0.25) is 0 Å². The average Bonchev–Trinajstić information content (AvgIpc) is 2.35. The lowest BCUT2D eigenvalue weighted by atomic mass is 9.99. The van der Waals surface area contributed by atoms with Crippen LogP contribution in [0.4, 0.5) is 0 Å². The van der Waals surface area contributed by atoms with E-state index in [9.17, 15) is 9.59 Å². The Bertz CT molecular complexity index is 425. The summed E-state index contributed by atoms with van der Waals surface area (Å²) in [6.45, 7) is 5.65. The van der Waals surface area contributed by atoms with Gasteiger partial charge >= 0.3 is 5.97 Å². The molecule has 2 unspecified atom stereocenters. The van der Waals surface area contributed by atoms with E-state index >= 15 is 0 Å². The quantitative estimate of drug-likeness (QED) is 0.841. The number of amides is 1. The number of aliphatic carboxylic acids is 1. The number of benzene rings is 1. The number of carbonyl (C=O) groups excluding carboxylic acids is 1. The Morgan fingerprint density at radius 1 is 1.28 bits per heavy atom. The van der Waals surface area contributed by atoms with Gasteiger partial charge in [0, 0.05) is 5.56 Å². The maximum absolute atomic E-state index is 11.9. The van der Waals surface area contributed by atoms with E-state index in [-0.39, 0.29) is 11.8 Å². The highest BCUT2D eigenvalue weighted by Crippen LogP contribution is 2.10. The first-order chi connectivity index (χ1) is 8.45. The van der Waals surface area contributed by atoms with E-state index in [1.165, 1.54) is 0 Å². The van der Waals surface area contributed by atoms with Gasteiger partial charge in [0.1, 0.15) is 6.04 Å². The van der Waals surface area contributed by atoms with E-state index in [1.54, 1.807) is 12.1 Å². The van der Waals surface area contributed by atoms with Crippen molar-refractivity contribution in [3.8, 4) is 0 Å².